The van der Waals surface area contributed by atoms with Crippen LogP contribution in [0.4, 0.5) is 5.69 Å². The van der Waals surface area contributed by atoms with Crippen LogP contribution < -0.4 is 10.2 Å². The summed E-state index contributed by atoms with van der Waals surface area (Å²) in [6.45, 7) is 1.88. The van der Waals surface area contributed by atoms with Crippen LogP contribution in [0.25, 0.3) is 10.3 Å². The Labute approximate surface area is 137 Å². The summed E-state index contributed by atoms with van der Waals surface area (Å²) in [6, 6.07) is 6.14. The van der Waals surface area contributed by atoms with Gasteiger partial charge in [0.15, 0.2) is 0 Å². The predicted molar refractivity (Wildman–Crippen MR) is 90.9 cm³/mol. The van der Waals surface area contributed by atoms with Crippen molar-refractivity contribution in [1.82, 2.24) is 20.3 Å². The summed E-state index contributed by atoms with van der Waals surface area (Å²) in [5, 5.41) is 3.13. The molecule has 0 spiro atoms. The first-order valence-corrected chi connectivity index (χ1v) is 8.55. The SMILES string of the molecule is O=C(NC1CCN(c2ccncc2)CC1)c1cc2scnc2[nH]1. The minimum atomic E-state index is -0.0439. The van der Waals surface area contributed by atoms with Crippen LogP contribution in [0.15, 0.2) is 36.1 Å². The number of aromatic nitrogens is 3. The van der Waals surface area contributed by atoms with E-state index < -0.39 is 0 Å². The topological polar surface area (TPSA) is 73.9 Å². The number of piperidine rings is 1. The largest absolute Gasteiger partial charge is 0.371 e. The molecule has 6 nitrogen and oxygen atoms in total. The van der Waals surface area contributed by atoms with E-state index >= 15 is 0 Å². The second-order valence-electron chi connectivity index (χ2n) is 5.69. The summed E-state index contributed by atoms with van der Waals surface area (Å²) < 4.78 is 1.02. The zero-order valence-electron chi connectivity index (χ0n) is 12.5. The fraction of sp³-hybridized carbons (Fsp3) is 0.312. The quantitative estimate of drug-likeness (QED) is 0.775. The summed E-state index contributed by atoms with van der Waals surface area (Å²) >= 11 is 1.54. The summed E-state index contributed by atoms with van der Waals surface area (Å²) in [5.41, 5.74) is 4.35. The van der Waals surface area contributed by atoms with Gasteiger partial charge in [0.05, 0.1) is 10.2 Å². The fourth-order valence-electron chi connectivity index (χ4n) is 2.97. The highest BCUT2D eigenvalue weighted by atomic mass is 32.1. The number of thiazole rings is 1. The van der Waals surface area contributed by atoms with E-state index in [1.165, 1.54) is 17.0 Å². The summed E-state index contributed by atoms with van der Waals surface area (Å²) in [7, 11) is 0. The van der Waals surface area contributed by atoms with Gasteiger partial charge in [0.1, 0.15) is 11.3 Å². The smallest absolute Gasteiger partial charge is 0.268 e. The Morgan fingerprint density at radius 1 is 1.30 bits per heavy atom. The highest BCUT2D eigenvalue weighted by Gasteiger charge is 2.22. The van der Waals surface area contributed by atoms with Crippen molar-refractivity contribution in [2.45, 2.75) is 18.9 Å². The Morgan fingerprint density at radius 2 is 2.09 bits per heavy atom. The zero-order valence-corrected chi connectivity index (χ0v) is 13.3. The summed E-state index contributed by atoms with van der Waals surface area (Å²) in [5.74, 6) is -0.0439. The molecule has 4 rings (SSSR count). The maximum absolute atomic E-state index is 12.3. The standard InChI is InChI=1S/C16H17N5OS/c22-16(13-9-14-15(20-13)18-10-23-14)19-11-3-7-21(8-4-11)12-1-5-17-6-2-12/h1-2,5-6,9-11,20H,3-4,7-8H2,(H,19,22). The molecule has 3 aromatic heterocycles. The van der Waals surface area contributed by atoms with Gasteiger partial charge < -0.3 is 15.2 Å². The molecule has 1 amide bonds. The van der Waals surface area contributed by atoms with Crippen molar-refractivity contribution in [3.8, 4) is 0 Å². The normalized spacial score (nSPS) is 15.9. The number of nitrogens with one attached hydrogen (secondary N) is 2. The van der Waals surface area contributed by atoms with E-state index in [0.717, 1.165) is 36.3 Å². The van der Waals surface area contributed by atoms with Crippen LogP contribution in [0, 0.1) is 0 Å². The third-order valence-electron chi connectivity index (χ3n) is 4.23. The number of carbonyl (C=O) groups is 1. The number of anilines is 1. The molecule has 7 heteroatoms. The van der Waals surface area contributed by atoms with E-state index in [1.54, 1.807) is 5.51 Å². The van der Waals surface area contributed by atoms with Crippen LogP contribution in [0.3, 0.4) is 0 Å². The number of aromatic amines is 1. The van der Waals surface area contributed by atoms with Crippen molar-refractivity contribution >= 4 is 33.3 Å². The second-order valence-corrected chi connectivity index (χ2v) is 6.57. The molecule has 0 unspecified atom stereocenters. The molecule has 1 saturated heterocycles. The van der Waals surface area contributed by atoms with Gasteiger partial charge in [-0.05, 0) is 31.0 Å². The van der Waals surface area contributed by atoms with Gasteiger partial charge in [-0.1, -0.05) is 0 Å². The molecule has 0 radical (unpaired) electrons. The van der Waals surface area contributed by atoms with Crippen LogP contribution in [-0.2, 0) is 0 Å². The molecule has 1 aliphatic rings. The van der Waals surface area contributed by atoms with Crippen molar-refractivity contribution < 1.29 is 4.79 Å². The Bertz CT molecular complexity index is 776. The zero-order chi connectivity index (χ0) is 15.6. The van der Waals surface area contributed by atoms with Crippen LogP contribution >= 0.6 is 11.3 Å². The van der Waals surface area contributed by atoms with Gasteiger partial charge in [0.2, 0.25) is 0 Å². The molecule has 0 aliphatic carbocycles. The van der Waals surface area contributed by atoms with Crippen LogP contribution in [0.5, 0.6) is 0 Å². The highest BCUT2D eigenvalue weighted by Crippen LogP contribution is 2.21. The fourth-order valence-corrected chi connectivity index (χ4v) is 3.64. The first-order chi connectivity index (χ1) is 11.3. The van der Waals surface area contributed by atoms with Crippen molar-refractivity contribution in [2.24, 2.45) is 0 Å². The van der Waals surface area contributed by atoms with Gasteiger partial charge in [-0.3, -0.25) is 9.78 Å². The van der Waals surface area contributed by atoms with Crippen LogP contribution in [-0.4, -0.2) is 40.0 Å². The maximum atomic E-state index is 12.3. The lowest BCUT2D eigenvalue weighted by atomic mass is 10.0. The molecule has 4 heterocycles. The van der Waals surface area contributed by atoms with Gasteiger partial charge in [0.25, 0.3) is 5.91 Å². The minimum Gasteiger partial charge on any atom is -0.371 e. The van der Waals surface area contributed by atoms with Gasteiger partial charge >= 0.3 is 0 Å². The molecular formula is C16H17N5OS. The number of H-pyrrole nitrogens is 1. The first-order valence-electron chi connectivity index (χ1n) is 7.67. The number of amides is 1. The molecule has 2 N–H and O–H groups in total. The van der Waals surface area contributed by atoms with Crippen molar-refractivity contribution in [3.63, 3.8) is 0 Å². The lowest BCUT2D eigenvalue weighted by Crippen LogP contribution is -2.44. The number of rotatable bonds is 3. The Morgan fingerprint density at radius 3 is 2.83 bits per heavy atom. The van der Waals surface area contributed by atoms with Gasteiger partial charge in [-0.25, -0.2) is 4.98 Å². The lowest BCUT2D eigenvalue weighted by Gasteiger charge is -2.33. The van der Waals surface area contributed by atoms with E-state index in [4.69, 9.17) is 0 Å². The average molecular weight is 327 g/mol. The van der Waals surface area contributed by atoms with E-state index in [1.807, 2.05) is 30.6 Å². The van der Waals surface area contributed by atoms with Gasteiger partial charge in [0, 0.05) is 37.2 Å². The highest BCUT2D eigenvalue weighted by molar-refractivity contribution is 7.16. The lowest BCUT2D eigenvalue weighted by molar-refractivity contribution is 0.0927. The van der Waals surface area contributed by atoms with Crippen LogP contribution in [0.2, 0.25) is 0 Å². The molecular weight excluding hydrogens is 310 g/mol. The van der Waals surface area contributed by atoms with Crippen molar-refractivity contribution in [3.05, 3.63) is 41.8 Å². The molecule has 23 heavy (non-hydrogen) atoms. The number of pyridine rings is 1. The Balaban J connectivity index is 1.35. The Kier molecular flexibility index (Phi) is 3.70. The van der Waals surface area contributed by atoms with Gasteiger partial charge in [-0.15, -0.1) is 11.3 Å². The van der Waals surface area contributed by atoms with E-state index in [0.29, 0.717) is 5.69 Å². The monoisotopic (exact) mass is 327 g/mol. The molecule has 0 bridgehead atoms. The summed E-state index contributed by atoms with van der Waals surface area (Å²) in [6.07, 6.45) is 5.52. The molecule has 0 saturated carbocycles. The maximum Gasteiger partial charge on any atom is 0.268 e. The number of hydrogen-bond acceptors (Lipinski definition) is 5. The average Bonchev–Trinajstić information content (AvgIpc) is 3.18. The van der Waals surface area contributed by atoms with Gasteiger partial charge in [-0.2, -0.15) is 0 Å². The third-order valence-corrected chi connectivity index (χ3v) is 5.00. The number of fused-ring (bicyclic) bond motifs is 1. The molecule has 0 atom stereocenters. The Hall–Kier alpha value is -2.41. The van der Waals surface area contributed by atoms with E-state index in [2.05, 4.69) is 25.2 Å². The van der Waals surface area contributed by atoms with Crippen molar-refractivity contribution in [1.29, 1.82) is 0 Å². The molecule has 0 aromatic carbocycles. The molecule has 3 aromatic rings. The predicted octanol–water partition coefficient (Wildman–Crippen LogP) is 2.42. The number of nitrogens with zero attached hydrogens (tertiary/aromatic N) is 3. The van der Waals surface area contributed by atoms with E-state index in [-0.39, 0.29) is 11.9 Å². The van der Waals surface area contributed by atoms with Crippen LogP contribution in [0.1, 0.15) is 23.3 Å². The molecule has 1 aliphatic heterocycles. The second kappa shape index (κ2) is 6.00. The summed E-state index contributed by atoms with van der Waals surface area (Å²) in [4.78, 5) is 26.0. The third kappa shape index (κ3) is 2.92. The molecule has 1 fully saturated rings. The first kappa shape index (κ1) is 14.2. The van der Waals surface area contributed by atoms with Crippen molar-refractivity contribution in [2.75, 3.05) is 18.0 Å². The number of carbonyl (C=O) groups excluding carboxylic acids is 1. The van der Waals surface area contributed by atoms with E-state index in [9.17, 15) is 4.79 Å². The minimum absolute atomic E-state index is 0.0439. The number of hydrogen-bond donors (Lipinski definition) is 2. The molecule has 118 valence electrons.